The van der Waals surface area contributed by atoms with Crippen LogP contribution >= 0.6 is 22.3 Å². The van der Waals surface area contributed by atoms with Crippen molar-refractivity contribution in [3.63, 3.8) is 0 Å². The van der Waals surface area contributed by atoms with Crippen LogP contribution in [-0.4, -0.2) is 13.3 Å². The first-order chi connectivity index (χ1) is 9.78. The van der Waals surface area contributed by atoms with E-state index in [1.165, 1.54) is 24.8 Å². The lowest BCUT2D eigenvalue weighted by Gasteiger charge is -2.60. The molecule has 0 spiro atoms. The fraction of sp³-hybridized carbons (Fsp3) is 0.625. The van der Waals surface area contributed by atoms with Crippen molar-refractivity contribution in [1.29, 1.82) is 0 Å². The van der Waals surface area contributed by atoms with Crippen molar-refractivity contribution in [3.8, 4) is 0 Å². The summed E-state index contributed by atoms with van der Waals surface area (Å²) in [5, 5.41) is 0. The van der Waals surface area contributed by atoms with Gasteiger partial charge in [-0.05, 0) is 73.5 Å². The fourth-order valence-corrected chi connectivity index (χ4v) is 6.92. The van der Waals surface area contributed by atoms with Crippen LogP contribution in [0.2, 0.25) is 0 Å². The van der Waals surface area contributed by atoms with Crippen LogP contribution in [0.25, 0.3) is 0 Å². The third kappa shape index (κ3) is 2.32. The first-order valence-corrected chi connectivity index (χ1v) is 10.2. The van der Waals surface area contributed by atoms with E-state index in [1.807, 2.05) is 12.1 Å². The topological polar surface area (TPSA) is 34.1 Å². The Bertz CT molecular complexity index is 667. The molecule has 0 radical (unpaired) electrons. The number of alkyl halides is 1. The Balaban J connectivity index is 1.73. The van der Waals surface area contributed by atoms with Gasteiger partial charge in [0.1, 0.15) is 0 Å². The summed E-state index contributed by atoms with van der Waals surface area (Å²) >= 11 is 6.86. The summed E-state index contributed by atoms with van der Waals surface area (Å²) < 4.78 is 22.8. The highest BCUT2D eigenvalue weighted by Crippen LogP contribution is 2.64. The number of halogens is 2. The zero-order valence-corrected chi connectivity index (χ0v) is 14.0. The van der Waals surface area contributed by atoms with Crippen LogP contribution in [0.4, 0.5) is 0 Å². The standard InChI is InChI=1S/C16H18Cl2O2S/c17-16-8-11-5-12(9-16)7-15(6-11,10-16)13-1-3-14(4-2-13)21(18,19)20/h1-4,11-12H,5-10H2/t11-,12-,15?,16?/m1/s1. The largest absolute Gasteiger partial charge is 0.261 e. The van der Waals surface area contributed by atoms with E-state index in [-0.39, 0.29) is 15.2 Å². The Hall–Kier alpha value is -0.250. The normalized spacial score (nSPS) is 41.4. The van der Waals surface area contributed by atoms with Crippen LogP contribution in [0.1, 0.15) is 44.1 Å². The molecule has 0 amide bonds. The molecule has 5 heteroatoms. The van der Waals surface area contributed by atoms with Crippen LogP contribution in [0.15, 0.2) is 29.2 Å². The summed E-state index contributed by atoms with van der Waals surface area (Å²) in [5.41, 5.74) is 1.39. The first kappa shape index (κ1) is 14.3. The molecular weight excluding hydrogens is 327 g/mol. The molecule has 2 nitrogen and oxygen atoms in total. The number of hydrogen-bond acceptors (Lipinski definition) is 2. The number of hydrogen-bond donors (Lipinski definition) is 0. The lowest BCUT2D eigenvalue weighted by Crippen LogP contribution is -2.55. The smallest absolute Gasteiger partial charge is 0.207 e. The van der Waals surface area contributed by atoms with Crippen molar-refractivity contribution in [2.75, 3.05) is 0 Å². The summed E-state index contributed by atoms with van der Waals surface area (Å²) in [6, 6.07) is 7.17. The molecule has 4 aliphatic rings. The summed E-state index contributed by atoms with van der Waals surface area (Å²) in [7, 11) is 1.76. The third-order valence-electron chi connectivity index (χ3n) is 5.74. The molecule has 0 heterocycles. The molecule has 4 bridgehead atoms. The Morgan fingerprint density at radius 2 is 1.57 bits per heavy atom. The lowest BCUT2D eigenvalue weighted by atomic mass is 9.47. The molecule has 4 fully saturated rings. The van der Waals surface area contributed by atoms with E-state index in [0.29, 0.717) is 0 Å². The molecular formula is C16H18Cl2O2S. The monoisotopic (exact) mass is 344 g/mol. The molecule has 0 saturated heterocycles. The minimum absolute atomic E-state index is 0.0265. The van der Waals surface area contributed by atoms with Gasteiger partial charge in [-0.1, -0.05) is 12.1 Å². The van der Waals surface area contributed by atoms with Crippen LogP contribution < -0.4 is 0 Å². The van der Waals surface area contributed by atoms with Gasteiger partial charge in [-0.15, -0.1) is 11.6 Å². The maximum Gasteiger partial charge on any atom is 0.261 e. The van der Waals surface area contributed by atoms with Gasteiger partial charge >= 0.3 is 0 Å². The van der Waals surface area contributed by atoms with Gasteiger partial charge in [0.25, 0.3) is 9.05 Å². The Kier molecular flexibility index (Phi) is 3.00. The van der Waals surface area contributed by atoms with E-state index in [4.69, 9.17) is 22.3 Å². The molecule has 5 rings (SSSR count). The third-order valence-corrected chi connectivity index (χ3v) is 7.55. The molecule has 0 unspecified atom stereocenters. The zero-order chi connectivity index (χ0) is 14.9. The minimum Gasteiger partial charge on any atom is -0.207 e. The zero-order valence-electron chi connectivity index (χ0n) is 11.7. The molecule has 114 valence electrons. The summed E-state index contributed by atoms with van der Waals surface area (Å²) in [6.45, 7) is 0. The molecule has 21 heavy (non-hydrogen) atoms. The molecule has 2 atom stereocenters. The maximum absolute atomic E-state index is 11.4. The van der Waals surface area contributed by atoms with E-state index in [1.54, 1.807) is 12.1 Å². The van der Waals surface area contributed by atoms with Gasteiger partial charge in [0.2, 0.25) is 0 Å². The number of benzene rings is 1. The molecule has 0 aliphatic heterocycles. The van der Waals surface area contributed by atoms with Crippen LogP contribution in [-0.2, 0) is 14.5 Å². The van der Waals surface area contributed by atoms with Crippen molar-refractivity contribution < 1.29 is 8.42 Å². The summed E-state index contributed by atoms with van der Waals surface area (Å²) in [5.74, 6) is 1.47. The van der Waals surface area contributed by atoms with E-state index >= 15 is 0 Å². The predicted molar refractivity (Wildman–Crippen MR) is 84.4 cm³/mol. The SMILES string of the molecule is O=S(=O)(Cl)c1ccc(C23C[C@H]4C[C@@H](CC(Cl)(C4)C2)C3)cc1. The molecule has 1 aromatic rings. The Morgan fingerprint density at radius 1 is 1.00 bits per heavy atom. The quantitative estimate of drug-likeness (QED) is 0.586. The second-order valence-electron chi connectivity index (χ2n) is 7.35. The molecule has 0 aromatic heterocycles. The van der Waals surface area contributed by atoms with Gasteiger partial charge in [-0.2, -0.15) is 0 Å². The first-order valence-electron chi connectivity index (χ1n) is 7.52. The fourth-order valence-electron chi connectivity index (χ4n) is 5.46. The van der Waals surface area contributed by atoms with Gasteiger partial charge in [0.15, 0.2) is 0 Å². The highest BCUT2D eigenvalue weighted by Gasteiger charge is 2.57. The van der Waals surface area contributed by atoms with Crippen LogP contribution in [0.3, 0.4) is 0 Å². The highest BCUT2D eigenvalue weighted by molar-refractivity contribution is 8.13. The second-order valence-corrected chi connectivity index (χ2v) is 10.7. The summed E-state index contributed by atoms with van der Waals surface area (Å²) in [6.07, 6.45) is 7.06. The average Bonchev–Trinajstić information content (AvgIpc) is 2.35. The number of rotatable bonds is 2. The van der Waals surface area contributed by atoms with Gasteiger partial charge in [0, 0.05) is 15.6 Å². The molecule has 0 N–H and O–H groups in total. The molecule has 4 aliphatic carbocycles. The molecule has 4 saturated carbocycles. The van der Waals surface area contributed by atoms with Crippen molar-refractivity contribution in [2.24, 2.45) is 11.8 Å². The highest BCUT2D eigenvalue weighted by atomic mass is 35.7. The maximum atomic E-state index is 11.4. The lowest BCUT2D eigenvalue weighted by molar-refractivity contribution is 0.00896. The van der Waals surface area contributed by atoms with Crippen LogP contribution in [0, 0.1) is 11.8 Å². The molecule has 1 aromatic carbocycles. The average molecular weight is 345 g/mol. The van der Waals surface area contributed by atoms with Gasteiger partial charge in [0.05, 0.1) is 4.90 Å². The minimum atomic E-state index is -3.64. The van der Waals surface area contributed by atoms with Crippen molar-refractivity contribution in [3.05, 3.63) is 29.8 Å². The Labute approximate surface area is 135 Å². The van der Waals surface area contributed by atoms with E-state index < -0.39 is 9.05 Å². The van der Waals surface area contributed by atoms with E-state index in [2.05, 4.69) is 0 Å². The van der Waals surface area contributed by atoms with Gasteiger partial charge < -0.3 is 0 Å². The van der Waals surface area contributed by atoms with E-state index in [0.717, 1.165) is 31.1 Å². The van der Waals surface area contributed by atoms with Crippen molar-refractivity contribution in [2.45, 2.75) is 53.7 Å². The predicted octanol–water partition coefficient (Wildman–Crippen LogP) is 4.44. The van der Waals surface area contributed by atoms with Crippen molar-refractivity contribution >= 4 is 31.3 Å². The second kappa shape index (κ2) is 4.39. The van der Waals surface area contributed by atoms with Crippen LogP contribution in [0.5, 0.6) is 0 Å². The van der Waals surface area contributed by atoms with E-state index in [9.17, 15) is 8.42 Å². The van der Waals surface area contributed by atoms with Gasteiger partial charge in [-0.25, -0.2) is 8.42 Å². The van der Waals surface area contributed by atoms with Gasteiger partial charge in [-0.3, -0.25) is 0 Å². The Morgan fingerprint density at radius 3 is 2.05 bits per heavy atom. The summed E-state index contributed by atoms with van der Waals surface area (Å²) in [4.78, 5) is 0.152. The van der Waals surface area contributed by atoms with Crippen molar-refractivity contribution in [1.82, 2.24) is 0 Å².